The highest BCUT2D eigenvalue weighted by atomic mass is 32.2. The van der Waals surface area contributed by atoms with Gasteiger partial charge in [0.2, 0.25) is 10.0 Å². The zero-order chi connectivity index (χ0) is 20.9. The molecule has 152 valence electrons. The number of para-hydroxylation sites is 1. The van der Waals surface area contributed by atoms with Crippen LogP contribution in [0.3, 0.4) is 0 Å². The first-order valence-electron chi connectivity index (χ1n) is 9.39. The van der Waals surface area contributed by atoms with Crippen molar-refractivity contribution in [3.05, 3.63) is 83.9 Å². The Labute approximate surface area is 172 Å². The maximum atomic E-state index is 13.0. The molecule has 0 bridgehead atoms. The summed E-state index contributed by atoms with van der Waals surface area (Å²) in [4.78, 5) is 0.259. The molecule has 0 aliphatic heterocycles. The fraction of sp³-hybridized carbons (Fsp3) is 0.217. The van der Waals surface area contributed by atoms with Crippen molar-refractivity contribution in [2.45, 2.75) is 24.8 Å². The molecule has 0 saturated carbocycles. The first kappa shape index (κ1) is 20.9. The molecule has 0 saturated heterocycles. The maximum absolute atomic E-state index is 13.0. The van der Waals surface area contributed by atoms with Crippen molar-refractivity contribution in [3.63, 3.8) is 0 Å². The highest BCUT2D eigenvalue weighted by Crippen LogP contribution is 2.26. The molecule has 0 unspecified atom stereocenters. The van der Waals surface area contributed by atoms with Crippen molar-refractivity contribution in [1.29, 1.82) is 0 Å². The smallest absolute Gasteiger partial charge is 0.243 e. The van der Waals surface area contributed by atoms with Gasteiger partial charge in [0.15, 0.2) is 0 Å². The minimum Gasteiger partial charge on any atom is -0.496 e. The number of ether oxygens (including phenoxy) is 2. The molecule has 3 aromatic carbocycles. The van der Waals surface area contributed by atoms with Gasteiger partial charge in [-0.05, 0) is 60.0 Å². The summed E-state index contributed by atoms with van der Waals surface area (Å²) in [5, 5.41) is 0. The summed E-state index contributed by atoms with van der Waals surface area (Å²) in [6, 6.07) is 21.9. The Kier molecular flexibility index (Phi) is 6.56. The van der Waals surface area contributed by atoms with Crippen LogP contribution in [-0.2, 0) is 23.0 Å². The topological polar surface area (TPSA) is 55.8 Å². The van der Waals surface area contributed by atoms with Gasteiger partial charge in [0, 0.05) is 13.6 Å². The Morgan fingerprint density at radius 1 is 0.897 bits per heavy atom. The number of sulfonamides is 1. The fourth-order valence-electron chi connectivity index (χ4n) is 3.05. The normalized spacial score (nSPS) is 11.4. The van der Waals surface area contributed by atoms with E-state index in [1.54, 1.807) is 32.4 Å². The van der Waals surface area contributed by atoms with E-state index < -0.39 is 10.0 Å². The molecule has 29 heavy (non-hydrogen) atoms. The van der Waals surface area contributed by atoms with Crippen LogP contribution < -0.4 is 9.47 Å². The van der Waals surface area contributed by atoms with Gasteiger partial charge in [0.1, 0.15) is 17.2 Å². The lowest BCUT2D eigenvalue weighted by Crippen LogP contribution is -2.26. The van der Waals surface area contributed by atoms with Gasteiger partial charge in [-0.1, -0.05) is 37.3 Å². The minimum atomic E-state index is -3.63. The van der Waals surface area contributed by atoms with Gasteiger partial charge in [0.25, 0.3) is 0 Å². The van der Waals surface area contributed by atoms with Gasteiger partial charge < -0.3 is 9.47 Å². The van der Waals surface area contributed by atoms with Crippen LogP contribution in [-0.4, -0.2) is 26.9 Å². The standard InChI is InChI=1S/C23H25NO4S/c1-4-19-16-22(13-14-23(19)27-3)29(25,26)24(2)17-18-9-8-12-21(15-18)28-20-10-6-5-7-11-20/h5-16H,4,17H2,1-3H3. The molecule has 5 nitrogen and oxygen atoms in total. The van der Waals surface area contributed by atoms with Crippen LogP contribution in [0.15, 0.2) is 77.7 Å². The van der Waals surface area contributed by atoms with E-state index in [-0.39, 0.29) is 11.4 Å². The Bertz CT molecular complexity index is 1070. The third-order valence-corrected chi connectivity index (χ3v) is 6.42. The zero-order valence-electron chi connectivity index (χ0n) is 16.8. The third kappa shape index (κ3) is 4.96. The molecule has 0 atom stereocenters. The second-order valence-electron chi connectivity index (χ2n) is 6.65. The van der Waals surface area contributed by atoms with Crippen molar-refractivity contribution in [2.75, 3.05) is 14.2 Å². The van der Waals surface area contributed by atoms with Gasteiger partial charge >= 0.3 is 0 Å². The Morgan fingerprint density at radius 2 is 1.62 bits per heavy atom. The van der Waals surface area contributed by atoms with Crippen molar-refractivity contribution in [1.82, 2.24) is 4.31 Å². The third-order valence-electron chi connectivity index (χ3n) is 4.62. The van der Waals surface area contributed by atoms with Crippen LogP contribution >= 0.6 is 0 Å². The van der Waals surface area contributed by atoms with E-state index in [2.05, 4.69) is 0 Å². The zero-order valence-corrected chi connectivity index (χ0v) is 17.6. The van der Waals surface area contributed by atoms with Crippen molar-refractivity contribution in [3.8, 4) is 17.2 Å². The van der Waals surface area contributed by atoms with Crippen molar-refractivity contribution in [2.24, 2.45) is 0 Å². The maximum Gasteiger partial charge on any atom is 0.243 e. The largest absolute Gasteiger partial charge is 0.496 e. The van der Waals surface area contributed by atoms with Crippen LogP contribution in [0.25, 0.3) is 0 Å². The minimum absolute atomic E-state index is 0.238. The number of hydrogen-bond donors (Lipinski definition) is 0. The lowest BCUT2D eigenvalue weighted by Gasteiger charge is -2.19. The lowest BCUT2D eigenvalue weighted by atomic mass is 10.1. The average molecular weight is 412 g/mol. The molecule has 0 N–H and O–H groups in total. The molecular weight excluding hydrogens is 386 g/mol. The van der Waals surface area contributed by atoms with Gasteiger partial charge in [-0.15, -0.1) is 0 Å². The molecule has 0 spiro atoms. The molecule has 3 aromatic rings. The number of hydrogen-bond acceptors (Lipinski definition) is 4. The van der Waals surface area contributed by atoms with Crippen LogP contribution in [0.5, 0.6) is 17.2 Å². The predicted octanol–water partition coefficient (Wildman–Crippen LogP) is 4.87. The van der Waals surface area contributed by atoms with Crippen LogP contribution in [0.4, 0.5) is 0 Å². The van der Waals surface area contributed by atoms with Gasteiger partial charge in [-0.3, -0.25) is 0 Å². The summed E-state index contributed by atoms with van der Waals surface area (Å²) in [6.45, 7) is 2.21. The Balaban J connectivity index is 1.79. The van der Waals surface area contributed by atoms with Crippen LogP contribution in [0, 0.1) is 0 Å². The van der Waals surface area contributed by atoms with Gasteiger partial charge in [-0.25, -0.2) is 8.42 Å². The van der Waals surface area contributed by atoms with E-state index in [1.807, 2.05) is 61.5 Å². The molecule has 0 amide bonds. The number of benzene rings is 3. The highest BCUT2D eigenvalue weighted by Gasteiger charge is 2.22. The molecule has 3 rings (SSSR count). The summed E-state index contributed by atoms with van der Waals surface area (Å²) in [5.74, 6) is 2.09. The molecule has 0 aliphatic rings. The summed E-state index contributed by atoms with van der Waals surface area (Å²) in [7, 11) is -0.468. The van der Waals surface area contributed by atoms with Crippen molar-refractivity contribution < 1.29 is 17.9 Å². The monoisotopic (exact) mass is 411 g/mol. The number of rotatable bonds is 8. The van der Waals surface area contributed by atoms with E-state index >= 15 is 0 Å². The predicted molar refractivity (Wildman–Crippen MR) is 114 cm³/mol. The summed E-state index contributed by atoms with van der Waals surface area (Å²) in [6.07, 6.45) is 0.690. The second-order valence-corrected chi connectivity index (χ2v) is 8.70. The molecule has 6 heteroatoms. The van der Waals surface area contributed by atoms with E-state index in [0.717, 1.165) is 16.9 Å². The lowest BCUT2D eigenvalue weighted by molar-refractivity contribution is 0.409. The summed E-state index contributed by atoms with van der Waals surface area (Å²) >= 11 is 0. The van der Waals surface area contributed by atoms with Crippen LogP contribution in [0.1, 0.15) is 18.1 Å². The Hall–Kier alpha value is -2.83. The molecule has 0 aromatic heterocycles. The first-order chi connectivity index (χ1) is 13.9. The SMILES string of the molecule is CCc1cc(S(=O)(=O)N(C)Cc2cccc(Oc3ccccc3)c2)ccc1OC. The fourth-order valence-corrected chi connectivity index (χ4v) is 4.26. The van der Waals surface area contributed by atoms with Crippen molar-refractivity contribution >= 4 is 10.0 Å². The average Bonchev–Trinajstić information content (AvgIpc) is 2.74. The number of aryl methyl sites for hydroxylation is 1. The first-order valence-corrected chi connectivity index (χ1v) is 10.8. The quantitative estimate of drug-likeness (QED) is 0.531. The molecule has 0 heterocycles. The molecular formula is C23H25NO4S. The molecule has 0 radical (unpaired) electrons. The van der Waals surface area contributed by atoms with E-state index in [9.17, 15) is 8.42 Å². The highest BCUT2D eigenvalue weighted by molar-refractivity contribution is 7.89. The van der Waals surface area contributed by atoms with Gasteiger partial charge in [-0.2, -0.15) is 4.31 Å². The Morgan fingerprint density at radius 3 is 2.31 bits per heavy atom. The van der Waals surface area contributed by atoms with E-state index in [1.165, 1.54) is 4.31 Å². The van der Waals surface area contributed by atoms with Gasteiger partial charge in [0.05, 0.1) is 12.0 Å². The van der Waals surface area contributed by atoms with E-state index in [4.69, 9.17) is 9.47 Å². The summed E-state index contributed by atoms with van der Waals surface area (Å²) in [5.41, 5.74) is 1.70. The summed E-state index contributed by atoms with van der Waals surface area (Å²) < 4.78 is 38.6. The molecule has 0 aliphatic carbocycles. The van der Waals surface area contributed by atoms with E-state index in [0.29, 0.717) is 17.9 Å². The molecule has 0 fully saturated rings. The van der Waals surface area contributed by atoms with Crippen LogP contribution in [0.2, 0.25) is 0 Å². The second kappa shape index (κ2) is 9.11. The number of methoxy groups -OCH3 is 1. The number of nitrogens with zero attached hydrogens (tertiary/aromatic N) is 1.